The van der Waals surface area contributed by atoms with E-state index in [2.05, 4.69) is 9.97 Å². The van der Waals surface area contributed by atoms with Crippen LogP contribution < -0.4 is 4.90 Å². The van der Waals surface area contributed by atoms with Crippen LogP contribution in [-0.4, -0.2) is 82.7 Å². The average Bonchev–Trinajstić information content (AvgIpc) is 2.94. The van der Waals surface area contributed by atoms with Gasteiger partial charge in [-0.1, -0.05) is 0 Å². The monoisotopic (exact) mass is 330 g/mol. The summed E-state index contributed by atoms with van der Waals surface area (Å²) < 4.78 is 5.37. The Bertz CT molecular complexity index is 588. The Hall–Kier alpha value is -1.78. The van der Waals surface area contributed by atoms with E-state index in [1.165, 1.54) is 12.4 Å². The fraction of sp³-hybridized carbons (Fsp3) is 0.600. The first-order valence-electron chi connectivity index (χ1n) is 7.43. The van der Waals surface area contributed by atoms with Crippen LogP contribution >= 0.6 is 0 Å². The Kier molecular flexibility index (Phi) is 6.64. The van der Waals surface area contributed by atoms with Crippen LogP contribution in [0.3, 0.4) is 0 Å². The first-order valence-corrected chi connectivity index (χ1v) is 7.43. The first kappa shape index (κ1) is 20.3. The Morgan fingerprint density at radius 1 is 1.33 bits per heavy atom. The van der Waals surface area contributed by atoms with Crippen LogP contribution in [0.25, 0.3) is 0 Å². The summed E-state index contributed by atoms with van der Waals surface area (Å²) >= 11 is 0. The molecule has 2 heterocycles. The van der Waals surface area contributed by atoms with Gasteiger partial charge in [-0.2, -0.15) is 0 Å². The third-order valence-corrected chi connectivity index (χ3v) is 3.57. The third-order valence-electron chi connectivity index (χ3n) is 3.57. The molecule has 0 aromatic carbocycles. The Morgan fingerprint density at radius 2 is 2.00 bits per heavy atom. The molecule has 1 amide bonds. The van der Waals surface area contributed by atoms with Gasteiger partial charge < -0.3 is 19.6 Å². The van der Waals surface area contributed by atoms with Crippen molar-refractivity contribution < 1.29 is 19.4 Å². The van der Waals surface area contributed by atoms with Gasteiger partial charge in [0.25, 0.3) is 0 Å². The number of carboxylic acid groups (broad SMARTS) is 1. The van der Waals surface area contributed by atoms with E-state index in [-0.39, 0.29) is 36.7 Å². The van der Waals surface area contributed by atoms with Gasteiger partial charge in [-0.3, -0.25) is 0 Å². The molecule has 0 saturated carbocycles. The number of carbonyl (C=O) groups excluding carboxylic acids is 1. The van der Waals surface area contributed by atoms with E-state index < -0.39 is 11.6 Å². The molecule has 2 rings (SSSR count). The molecular weight excluding hydrogens is 307 g/mol. The quantitative estimate of drug-likeness (QED) is 0.825. The number of amides is 1. The van der Waals surface area contributed by atoms with Crippen molar-refractivity contribution in [2.24, 2.45) is 0 Å². The molecule has 0 aliphatic carbocycles. The van der Waals surface area contributed by atoms with Crippen LogP contribution in [0.2, 0.25) is 0 Å². The molecule has 1 aliphatic rings. The molecule has 128 valence electrons. The van der Waals surface area contributed by atoms with E-state index in [1.54, 1.807) is 11.9 Å². The van der Waals surface area contributed by atoms with Crippen molar-refractivity contribution in [3.05, 3.63) is 18.1 Å². The predicted octanol–water partition coefficient (Wildman–Crippen LogP) is 0.972. The Labute approximate surface area is 153 Å². The second kappa shape index (κ2) is 7.86. The van der Waals surface area contributed by atoms with Crippen LogP contribution in [0, 0.1) is 0 Å². The van der Waals surface area contributed by atoms with Crippen molar-refractivity contribution in [2.75, 3.05) is 25.0 Å². The summed E-state index contributed by atoms with van der Waals surface area (Å²) in [5, 5.41) is 8.84. The molecule has 0 bridgehead atoms. The summed E-state index contributed by atoms with van der Waals surface area (Å²) in [6.07, 6.45) is 3.12. The maximum atomic E-state index is 12.1. The summed E-state index contributed by atoms with van der Waals surface area (Å²) in [4.78, 5) is 34.5. The molecule has 1 aromatic heterocycles. The minimum absolute atomic E-state index is 0. The number of rotatable bonds is 3. The number of aromatic nitrogens is 2. The number of nitrogens with zero attached hydrogens (tertiary/aromatic N) is 4. The Morgan fingerprint density at radius 3 is 2.50 bits per heavy atom. The van der Waals surface area contributed by atoms with Gasteiger partial charge in [0.05, 0.1) is 18.4 Å². The summed E-state index contributed by atoms with van der Waals surface area (Å²) in [5.41, 5.74) is -0.614. The third kappa shape index (κ3) is 5.11. The molecule has 0 spiro atoms. The van der Waals surface area contributed by atoms with Gasteiger partial charge in [-0.15, -0.1) is 0 Å². The average molecular weight is 330 g/mol. The summed E-state index contributed by atoms with van der Waals surface area (Å²) in [5.74, 6) is -0.497. The summed E-state index contributed by atoms with van der Waals surface area (Å²) in [7, 11) is 1.72. The molecular formula is C15H23LiN4O4. The zero-order valence-electron chi connectivity index (χ0n) is 13.8. The van der Waals surface area contributed by atoms with E-state index >= 15 is 0 Å². The number of likely N-dealkylation sites (N-methyl/N-ethyl adjacent to an activating group) is 1. The van der Waals surface area contributed by atoms with E-state index in [9.17, 15) is 9.59 Å². The van der Waals surface area contributed by atoms with Gasteiger partial charge in [0.15, 0.2) is 5.69 Å². The van der Waals surface area contributed by atoms with Crippen molar-refractivity contribution in [3.63, 3.8) is 0 Å². The first-order chi connectivity index (χ1) is 10.7. The summed E-state index contributed by atoms with van der Waals surface area (Å²) in [6.45, 7) is 6.83. The number of carbonyl (C=O) groups is 2. The van der Waals surface area contributed by atoms with Crippen LogP contribution in [-0.2, 0) is 4.74 Å². The van der Waals surface area contributed by atoms with Gasteiger partial charge in [0.1, 0.15) is 11.4 Å². The molecule has 24 heavy (non-hydrogen) atoms. The van der Waals surface area contributed by atoms with Crippen molar-refractivity contribution in [1.82, 2.24) is 14.9 Å². The zero-order valence-corrected chi connectivity index (χ0v) is 13.8. The second-order valence-electron chi connectivity index (χ2n) is 6.54. The van der Waals surface area contributed by atoms with Crippen LogP contribution in [0.15, 0.2) is 12.4 Å². The van der Waals surface area contributed by atoms with Crippen LogP contribution in [0.4, 0.5) is 10.6 Å². The standard InChI is InChI=1S/C15H22N4O4.Li.H/c1-15(2,3)23-14(22)18(4)10-5-6-19(9-10)12-8-16-11(7-17-12)13(20)21;;/h7-8,10H,5-6,9H2,1-4H3,(H,20,21);;. The summed E-state index contributed by atoms with van der Waals surface area (Å²) in [6, 6.07) is 0.0193. The van der Waals surface area contributed by atoms with Gasteiger partial charge in [-0.25, -0.2) is 19.6 Å². The van der Waals surface area contributed by atoms with E-state index in [1.807, 2.05) is 25.7 Å². The fourth-order valence-corrected chi connectivity index (χ4v) is 2.34. The number of carboxylic acids is 1. The number of anilines is 1. The van der Waals surface area contributed by atoms with E-state index in [0.29, 0.717) is 12.4 Å². The topological polar surface area (TPSA) is 95.9 Å². The molecule has 9 heteroatoms. The van der Waals surface area contributed by atoms with Gasteiger partial charge in [0, 0.05) is 20.1 Å². The van der Waals surface area contributed by atoms with Crippen molar-refractivity contribution in [2.45, 2.75) is 38.8 Å². The van der Waals surface area contributed by atoms with Gasteiger partial charge >= 0.3 is 30.9 Å². The maximum absolute atomic E-state index is 12.1. The minimum atomic E-state index is -1.10. The molecule has 1 saturated heterocycles. The van der Waals surface area contributed by atoms with Gasteiger partial charge in [-0.05, 0) is 27.2 Å². The Balaban J connectivity index is 0.00000288. The van der Waals surface area contributed by atoms with Crippen molar-refractivity contribution in [1.29, 1.82) is 0 Å². The zero-order chi connectivity index (χ0) is 17.2. The van der Waals surface area contributed by atoms with E-state index in [4.69, 9.17) is 9.84 Å². The van der Waals surface area contributed by atoms with Crippen molar-refractivity contribution in [3.8, 4) is 0 Å². The predicted molar refractivity (Wildman–Crippen MR) is 90.8 cm³/mol. The normalized spacial score (nSPS) is 17.2. The fourth-order valence-electron chi connectivity index (χ4n) is 2.34. The number of aromatic carboxylic acids is 1. The molecule has 1 aliphatic heterocycles. The number of hydrogen-bond donors (Lipinski definition) is 1. The van der Waals surface area contributed by atoms with Crippen LogP contribution in [0.5, 0.6) is 0 Å². The molecule has 1 unspecified atom stereocenters. The van der Waals surface area contributed by atoms with Crippen LogP contribution in [0.1, 0.15) is 37.7 Å². The molecule has 1 N–H and O–H groups in total. The number of ether oxygens (including phenoxy) is 1. The molecule has 1 atom stereocenters. The molecule has 8 nitrogen and oxygen atoms in total. The SMILES string of the molecule is CN(C(=O)OC(C)(C)C)C1CCN(c2cnc(C(=O)O)cn2)C1.[LiH]. The number of hydrogen-bond acceptors (Lipinski definition) is 6. The second-order valence-corrected chi connectivity index (χ2v) is 6.54. The molecule has 0 radical (unpaired) electrons. The molecule has 1 fully saturated rings. The van der Waals surface area contributed by atoms with Crippen molar-refractivity contribution >= 4 is 36.7 Å². The molecule has 1 aromatic rings. The van der Waals surface area contributed by atoms with Gasteiger partial charge in [0.2, 0.25) is 0 Å². The van der Waals surface area contributed by atoms with E-state index in [0.717, 1.165) is 13.0 Å².